The number of amides is 1. The quantitative estimate of drug-likeness (QED) is 0.754. The van der Waals surface area contributed by atoms with Crippen molar-refractivity contribution >= 4 is 15.9 Å². The van der Waals surface area contributed by atoms with Crippen LogP contribution in [0.3, 0.4) is 0 Å². The van der Waals surface area contributed by atoms with Gasteiger partial charge in [0.2, 0.25) is 10.0 Å². The van der Waals surface area contributed by atoms with Crippen LogP contribution in [0.5, 0.6) is 11.5 Å². The van der Waals surface area contributed by atoms with E-state index < -0.39 is 10.0 Å². The van der Waals surface area contributed by atoms with Gasteiger partial charge in [0.25, 0.3) is 5.91 Å². The normalized spacial score (nSPS) is 17.9. The van der Waals surface area contributed by atoms with E-state index in [1.54, 1.807) is 24.3 Å². The molecular weight excluding hydrogens is 384 g/mol. The third kappa shape index (κ3) is 4.31. The zero-order valence-corrected chi connectivity index (χ0v) is 16.7. The molecule has 1 aliphatic rings. The third-order valence-electron chi connectivity index (χ3n) is 4.77. The first-order valence-corrected chi connectivity index (χ1v) is 10.4. The fourth-order valence-corrected chi connectivity index (χ4v) is 4.96. The van der Waals surface area contributed by atoms with Crippen molar-refractivity contribution in [2.24, 2.45) is 5.92 Å². The van der Waals surface area contributed by atoms with Gasteiger partial charge in [-0.05, 0) is 43.0 Å². The number of hydrogen-bond acceptors (Lipinski definition) is 6. The summed E-state index contributed by atoms with van der Waals surface area (Å²) >= 11 is 0. The minimum absolute atomic E-state index is 0.0201. The Bertz CT molecular complexity index is 911. The van der Waals surface area contributed by atoms with Crippen molar-refractivity contribution in [2.45, 2.75) is 17.7 Å². The smallest absolute Gasteiger partial charge is 0.286 e. The van der Waals surface area contributed by atoms with Gasteiger partial charge in [0.15, 0.2) is 5.76 Å². The lowest BCUT2D eigenvalue weighted by Gasteiger charge is -2.32. The summed E-state index contributed by atoms with van der Waals surface area (Å²) in [4.78, 5) is 12.1. The highest BCUT2D eigenvalue weighted by molar-refractivity contribution is 7.89. The fourth-order valence-electron chi connectivity index (χ4n) is 3.27. The maximum absolute atomic E-state index is 13.1. The molecule has 1 aliphatic heterocycles. The molecule has 0 bridgehead atoms. The van der Waals surface area contributed by atoms with Crippen molar-refractivity contribution < 1.29 is 27.1 Å². The number of hydrogen-bond donors (Lipinski definition) is 1. The highest BCUT2D eigenvalue weighted by atomic mass is 32.2. The Balaban J connectivity index is 1.70. The largest absolute Gasteiger partial charge is 0.497 e. The first kappa shape index (κ1) is 20.2. The van der Waals surface area contributed by atoms with E-state index in [2.05, 4.69) is 5.32 Å². The molecule has 3 rings (SSSR count). The number of ether oxygens (including phenoxy) is 2. The van der Waals surface area contributed by atoms with Crippen molar-refractivity contribution in [3.8, 4) is 11.5 Å². The summed E-state index contributed by atoms with van der Waals surface area (Å²) in [6.07, 6.45) is 3.00. The highest BCUT2D eigenvalue weighted by Crippen LogP contribution is 2.32. The molecule has 1 fully saturated rings. The minimum Gasteiger partial charge on any atom is -0.497 e. The van der Waals surface area contributed by atoms with Crippen LogP contribution in [0.4, 0.5) is 0 Å². The van der Waals surface area contributed by atoms with E-state index in [1.165, 1.54) is 30.9 Å². The number of nitrogens with zero attached hydrogens (tertiary/aromatic N) is 1. The first-order chi connectivity index (χ1) is 13.5. The standard InChI is InChI=1S/C19H24N2O6S/c1-25-15-7-8-18(17(11-15)26-2)28(23,24)21-9-3-5-14(13-21)12-20-19(22)16-6-4-10-27-16/h4,6-8,10-11,14H,3,5,9,12-13H2,1-2H3,(H,20,22). The number of benzene rings is 1. The number of sulfonamides is 1. The van der Waals surface area contributed by atoms with Crippen LogP contribution in [0, 0.1) is 5.92 Å². The Morgan fingerprint density at radius 2 is 2.11 bits per heavy atom. The molecule has 8 nitrogen and oxygen atoms in total. The minimum atomic E-state index is -3.72. The van der Waals surface area contributed by atoms with E-state index in [0.717, 1.165) is 12.8 Å². The molecule has 2 heterocycles. The Kier molecular flexibility index (Phi) is 6.25. The second-order valence-corrected chi connectivity index (χ2v) is 8.48. The monoisotopic (exact) mass is 408 g/mol. The van der Waals surface area contributed by atoms with Crippen molar-refractivity contribution in [1.29, 1.82) is 0 Å². The summed E-state index contributed by atoms with van der Waals surface area (Å²) in [5, 5.41) is 2.81. The zero-order chi connectivity index (χ0) is 20.1. The predicted molar refractivity (Wildman–Crippen MR) is 102 cm³/mol. The van der Waals surface area contributed by atoms with Gasteiger partial charge in [0.05, 0.1) is 20.5 Å². The van der Waals surface area contributed by atoms with Crippen LogP contribution in [0.2, 0.25) is 0 Å². The van der Waals surface area contributed by atoms with Gasteiger partial charge in [-0.1, -0.05) is 0 Å². The summed E-state index contributed by atoms with van der Waals surface area (Å²) in [5.41, 5.74) is 0. The molecule has 28 heavy (non-hydrogen) atoms. The molecule has 1 amide bonds. The molecular formula is C19H24N2O6S. The van der Waals surface area contributed by atoms with Crippen LogP contribution < -0.4 is 14.8 Å². The van der Waals surface area contributed by atoms with E-state index in [4.69, 9.17) is 13.9 Å². The Morgan fingerprint density at radius 3 is 2.79 bits per heavy atom. The van der Waals surface area contributed by atoms with Crippen LogP contribution in [-0.4, -0.2) is 52.5 Å². The average Bonchev–Trinajstić information content (AvgIpc) is 3.26. The van der Waals surface area contributed by atoms with E-state index >= 15 is 0 Å². The average molecular weight is 408 g/mol. The molecule has 9 heteroatoms. The third-order valence-corrected chi connectivity index (χ3v) is 6.67. The van der Waals surface area contributed by atoms with Gasteiger partial charge in [-0.15, -0.1) is 0 Å². The molecule has 0 aliphatic carbocycles. The summed E-state index contributed by atoms with van der Waals surface area (Å²) in [6.45, 7) is 1.14. The molecule has 2 aromatic rings. The molecule has 1 saturated heterocycles. The van der Waals surface area contributed by atoms with E-state index in [9.17, 15) is 13.2 Å². The number of methoxy groups -OCH3 is 2. The molecule has 1 aromatic heterocycles. The summed E-state index contributed by atoms with van der Waals surface area (Å²) in [5.74, 6) is 0.720. The van der Waals surface area contributed by atoms with E-state index in [0.29, 0.717) is 25.4 Å². The lowest BCUT2D eigenvalue weighted by Crippen LogP contribution is -2.43. The van der Waals surface area contributed by atoms with Gasteiger partial charge in [-0.25, -0.2) is 8.42 Å². The lowest BCUT2D eigenvalue weighted by molar-refractivity contribution is 0.0913. The fraction of sp³-hybridized carbons (Fsp3) is 0.421. The Hall–Kier alpha value is -2.52. The molecule has 1 unspecified atom stereocenters. The number of piperidine rings is 1. The molecule has 1 N–H and O–H groups in total. The second kappa shape index (κ2) is 8.66. The number of rotatable bonds is 7. The molecule has 0 saturated carbocycles. The van der Waals surface area contributed by atoms with Crippen LogP contribution in [0.25, 0.3) is 0 Å². The van der Waals surface area contributed by atoms with E-state index in [-0.39, 0.29) is 28.2 Å². The maximum Gasteiger partial charge on any atom is 0.286 e. The van der Waals surface area contributed by atoms with Crippen molar-refractivity contribution in [2.75, 3.05) is 33.9 Å². The Morgan fingerprint density at radius 1 is 1.29 bits per heavy atom. The second-order valence-electron chi connectivity index (χ2n) is 6.58. The molecule has 0 radical (unpaired) electrons. The molecule has 1 atom stereocenters. The van der Waals surface area contributed by atoms with Gasteiger partial charge < -0.3 is 19.2 Å². The summed E-state index contributed by atoms with van der Waals surface area (Å²) in [6, 6.07) is 7.88. The highest BCUT2D eigenvalue weighted by Gasteiger charge is 2.32. The molecule has 152 valence electrons. The van der Waals surface area contributed by atoms with Gasteiger partial charge >= 0.3 is 0 Å². The number of carbonyl (C=O) groups excluding carboxylic acids is 1. The van der Waals surface area contributed by atoms with Crippen LogP contribution in [0.1, 0.15) is 23.4 Å². The molecule has 1 aromatic carbocycles. The number of carbonyl (C=O) groups is 1. The molecule has 0 spiro atoms. The topological polar surface area (TPSA) is 98.1 Å². The predicted octanol–water partition coefficient (Wildman–Crippen LogP) is 2.13. The van der Waals surface area contributed by atoms with Crippen LogP contribution >= 0.6 is 0 Å². The number of furan rings is 1. The maximum atomic E-state index is 13.1. The Labute approximate surface area is 164 Å². The first-order valence-electron chi connectivity index (χ1n) is 8.99. The van der Waals surface area contributed by atoms with Crippen molar-refractivity contribution in [3.05, 3.63) is 42.4 Å². The summed E-state index contributed by atoms with van der Waals surface area (Å²) < 4.78 is 43.2. The van der Waals surface area contributed by atoms with Gasteiger partial charge in [-0.3, -0.25) is 4.79 Å². The SMILES string of the molecule is COc1ccc(S(=O)(=O)N2CCCC(CNC(=O)c3ccco3)C2)c(OC)c1. The van der Waals surface area contributed by atoms with Crippen molar-refractivity contribution in [1.82, 2.24) is 9.62 Å². The van der Waals surface area contributed by atoms with Gasteiger partial charge in [-0.2, -0.15) is 4.31 Å². The van der Waals surface area contributed by atoms with E-state index in [1.807, 2.05) is 0 Å². The van der Waals surface area contributed by atoms with Gasteiger partial charge in [0, 0.05) is 25.7 Å². The zero-order valence-electron chi connectivity index (χ0n) is 15.9. The summed E-state index contributed by atoms with van der Waals surface area (Å²) in [7, 11) is -0.786. The van der Waals surface area contributed by atoms with Gasteiger partial charge in [0.1, 0.15) is 16.4 Å². The van der Waals surface area contributed by atoms with Crippen LogP contribution in [0.15, 0.2) is 45.9 Å². The lowest BCUT2D eigenvalue weighted by atomic mass is 10.00. The van der Waals surface area contributed by atoms with Crippen LogP contribution in [-0.2, 0) is 10.0 Å². The van der Waals surface area contributed by atoms with Crippen molar-refractivity contribution in [3.63, 3.8) is 0 Å². The number of nitrogens with one attached hydrogen (secondary N) is 1.